The number of rotatable bonds is 0. The molecule has 0 atom stereocenters. The van der Waals surface area contributed by atoms with Crippen LogP contribution in [0.3, 0.4) is 0 Å². The second kappa shape index (κ2) is 2.14. The van der Waals surface area contributed by atoms with Crippen LogP contribution in [-0.4, -0.2) is 14.5 Å². The first kappa shape index (κ1) is 8.70. The molecule has 0 unspecified atom stereocenters. The Labute approximate surface area is 63.5 Å². The van der Waals surface area contributed by atoms with E-state index in [2.05, 4.69) is 13.8 Å². The van der Waals surface area contributed by atoms with E-state index in [1.54, 1.807) is 0 Å². The van der Waals surface area contributed by atoms with Gasteiger partial charge in [0, 0.05) is 6.92 Å². The Morgan fingerprint density at radius 1 is 1.38 bits per heavy atom. The fourth-order valence-corrected chi connectivity index (χ4v) is 0. The molecule has 0 aliphatic heterocycles. The standard InChI is InChI=1S/C4H5Cl3O/c1-3(2,8)4(5,6)7/h8H,1-2H2/q+1. The van der Waals surface area contributed by atoms with Gasteiger partial charge < -0.3 is 5.11 Å². The van der Waals surface area contributed by atoms with Crippen LogP contribution in [0.25, 0.3) is 0 Å². The molecule has 0 bridgehead atoms. The van der Waals surface area contributed by atoms with Gasteiger partial charge in [-0.1, -0.05) is 34.8 Å². The van der Waals surface area contributed by atoms with Gasteiger partial charge >= 0.3 is 0 Å². The lowest BCUT2D eigenvalue weighted by Crippen LogP contribution is -2.36. The van der Waals surface area contributed by atoms with E-state index in [0.717, 1.165) is 0 Å². The molecule has 8 heavy (non-hydrogen) atoms. The average Bonchev–Trinajstić information content (AvgIpc) is 1.25. The fraction of sp³-hybridized carbons (Fsp3) is 0.500. The number of hydrogen-bond acceptors (Lipinski definition) is 1. The van der Waals surface area contributed by atoms with Crippen LogP contribution in [0.4, 0.5) is 0 Å². The van der Waals surface area contributed by atoms with Crippen LogP contribution in [0, 0.1) is 13.8 Å². The molecule has 0 aliphatic carbocycles. The topological polar surface area (TPSA) is 20.2 Å². The summed E-state index contributed by atoms with van der Waals surface area (Å²) in [5.41, 5.74) is -1.77. The third-order valence-corrected chi connectivity index (χ3v) is 1.58. The van der Waals surface area contributed by atoms with Crippen molar-refractivity contribution in [3.63, 3.8) is 0 Å². The van der Waals surface area contributed by atoms with Gasteiger partial charge in [-0.2, -0.15) is 0 Å². The summed E-state index contributed by atoms with van der Waals surface area (Å²) in [5, 5.41) is 8.74. The highest BCUT2D eigenvalue weighted by Gasteiger charge is 2.45. The van der Waals surface area contributed by atoms with Crippen LogP contribution in [0.1, 0.15) is 0 Å². The lowest BCUT2D eigenvalue weighted by molar-refractivity contribution is 0.141. The molecule has 4 heteroatoms. The Hall–Kier alpha value is 0.700. The molecule has 0 aliphatic rings. The molecule has 0 aromatic carbocycles. The van der Waals surface area contributed by atoms with Crippen molar-refractivity contribution >= 4 is 34.8 Å². The zero-order chi connectivity index (χ0) is 7.00. The van der Waals surface area contributed by atoms with Crippen molar-refractivity contribution < 1.29 is 5.11 Å². The minimum Gasteiger partial charge on any atom is -0.348 e. The van der Waals surface area contributed by atoms with Crippen molar-refractivity contribution in [2.45, 2.75) is 9.39 Å². The van der Waals surface area contributed by atoms with Gasteiger partial charge in [0.1, 0.15) is 0 Å². The highest BCUT2D eigenvalue weighted by Crippen LogP contribution is 2.36. The molecule has 0 spiro atoms. The summed E-state index contributed by atoms with van der Waals surface area (Å²) in [6.07, 6.45) is 0. The van der Waals surface area contributed by atoms with Gasteiger partial charge in [0.25, 0.3) is 3.79 Å². The predicted octanol–water partition coefficient (Wildman–Crippen LogP) is 1.76. The van der Waals surface area contributed by atoms with Gasteiger partial charge in [0.15, 0.2) is 0 Å². The van der Waals surface area contributed by atoms with Crippen molar-refractivity contribution in [2.75, 3.05) is 0 Å². The molecule has 0 saturated carbocycles. The normalized spacial score (nSPS) is 20.1. The second-order valence-electron chi connectivity index (χ2n) is 1.53. The monoisotopic (exact) mass is 174 g/mol. The van der Waals surface area contributed by atoms with Crippen LogP contribution < -0.4 is 0 Å². The van der Waals surface area contributed by atoms with Crippen LogP contribution in [0.15, 0.2) is 0 Å². The zero-order valence-electron chi connectivity index (χ0n) is 4.00. The molecule has 0 saturated heterocycles. The average molecular weight is 175 g/mol. The van der Waals surface area contributed by atoms with E-state index in [0.29, 0.717) is 0 Å². The van der Waals surface area contributed by atoms with E-state index in [-0.39, 0.29) is 0 Å². The summed E-state index contributed by atoms with van der Waals surface area (Å²) >= 11 is 15.5. The van der Waals surface area contributed by atoms with Gasteiger partial charge in [0.05, 0.1) is 6.92 Å². The van der Waals surface area contributed by atoms with Crippen molar-refractivity contribution in [1.82, 2.24) is 0 Å². The highest BCUT2D eigenvalue weighted by molar-refractivity contribution is 6.68. The lowest BCUT2D eigenvalue weighted by atomic mass is 10.2. The molecule has 1 N–H and O–H groups in total. The van der Waals surface area contributed by atoms with E-state index in [1.807, 2.05) is 0 Å². The number of alkyl halides is 3. The van der Waals surface area contributed by atoms with E-state index in [1.165, 1.54) is 0 Å². The van der Waals surface area contributed by atoms with Crippen LogP contribution >= 0.6 is 34.8 Å². The molecule has 0 fully saturated rings. The van der Waals surface area contributed by atoms with Crippen molar-refractivity contribution in [2.24, 2.45) is 0 Å². The van der Waals surface area contributed by atoms with Gasteiger partial charge in [-0.25, -0.2) is 0 Å². The minimum absolute atomic E-state index is 1.77. The van der Waals surface area contributed by atoms with Crippen LogP contribution in [-0.2, 0) is 0 Å². The molecule has 47 valence electrons. The zero-order valence-corrected chi connectivity index (χ0v) is 6.26. The number of hydrogen-bond donors (Lipinski definition) is 1. The summed E-state index contributed by atoms with van der Waals surface area (Å²) in [5.74, 6) is 0. The van der Waals surface area contributed by atoms with E-state index >= 15 is 0 Å². The fourth-order valence-electron chi connectivity index (χ4n) is 0. The van der Waals surface area contributed by atoms with Gasteiger partial charge in [-0.05, 0) is 0 Å². The Kier molecular flexibility index (Phi) is 2.33. The maximum Gasteiger partial charge on any atom is 0.261 e. The Bertz CT molecular complexity index is 66.3. The number of halogens is 3. The SMILES string of the molecule is [CH2]C([CH2+])(O)C(Cl)(Cl)Cl. The molecule has 0 aromatic rings. The summed E-state index contributed by atoms with van der Waals surface area (Å²) in [7, 11) is 0. The first-order valence-electron chi connectivity index (χ1n) is 1.75. The predicted molar refractivity (Wildman–Crippen MR) is 36.0 cm³/mol. The molecule has 0 aromatic heterocycles. The first-order valence-corrected chi connectivity index (χ1v) is 2.88. The van der Waals surface area contributed by atoms with Crippen LogP contribution in [0.2, 0.25) is 0 Å². The van der Waals surface area contributed by atoms with E-state index < -0.39 is 9.39 Å². The first-order chi connectivity index (χ1) is 3.25. The highest BCUT2D eigenvalue weighted by atomic mass is 35.6. The molecule has 0 rings (SSSR count). The number of aliphatic hydroxyl groups is 1. The van der Waals surface area contributed by atoms with Crippen molar-refractivity contribution in [3.05, 3.63) is 13.8 Å². The van der Waals surface area contributed by atoms with Gasteiger partial charge in [0.2, 0.25) is 5.60 Å². The summed E-state index contributed by atoms with van der Waals surface area (Å²) < 4.78 is -1.81. The van der Waals surface area contributed by atoms with Gasteiger partial charge in [-0.15, -0.1) is 0 Å². The largest absolute Gasteiger partial charge is 0.348 e. The summed E-state index contributed by atoms with van der Waals surface area (Å²) in [6.45, 7) is 6.18. The minimum atomic E-state index is -1.81. The van der Waals surface area contributed by atoms with Crippen LogP contribution in [0.5, 0.6) is 0 Å². The Morgan fingerprint density at radius 2 is 1.50 bits per heavy atom. The molecule has 1 nitrogen and oxygen atoms in total. The Balaban J connectivity index is 4.02. The Morgan fingerprint density at radius 3 is 1.50 bits per heavy atom. The van der Waals surface area contributed by atoms with E-state index in [9.17, 15) is 0 Å². The second-order valence-corrected chi connectivity index (χ2v) is 3.81. The maximum absolute atomic E-state index is 8.74. The third-order valence-electron chi connectivity index (χ3n) is 0.528. The van der Waals surface area contributed by atoms with Crippen molar-refractivity contribution in [3.8, 4) is 0 Å². The molecular weight excluding hydrogens is 170 g/mol. The summed E-state index contributed by atoms with van der Waals surface area (Å²) in [6, 6.07) is 0. The van der Waals surface area contributed by atoms with Gasteiger partial charge in [-0.3, -0.25) is 0 Å². The van der Waals surface area contributed by atoms with E-state index in [4.69, 9.17) is 39.9 Å². The molecular formula is C4H5Cl3O+. The quantitative estimate of drug-likeness (QED) is 0.439. The molecule has 0 heterocycles. The summed E-state index contributed by atoms with van der Waals surface area (Å²) in [4.78, 5) is 0. The van der Waals surface area contributed by atoms with Crippen molar-refractivity contribution in [1.29, 1.82) is 0 Å². The maximum atomic E-state index is 8.74. The molecule has 1 radical (unpaired) electrons. The third kappa shape index (κ3) is 2.31. The lowest BCUT2D eigenvalue weighted by Gasteiger charge is -2.18. The molecule has 0 amide bonds. The smallest absolute Gasteiger partial charge is 0.261 e.